The Bertz CT molecular complexity index is 255. The third-order valence-electron chi connectivity index (χ3n) is 2.63. The molecule has 0 spiro atoms. The van der Waals surface area contributed by atoms with Crippen molar-refractivity contribution in [2.75, 3.05) is 0 Å². The molecule has 2 N–H and O–H groups in total. The van der Waals surface area contributed by atoms with Gasteiger partial charge >= 0.3 is 5.97 Å². The van der Waals surface area contributed by atoms with Crippen LogP contribution in [-0.2, 0) is 9.59 Å². The van der Waals surface area contributed by atoms with Gasteiger partial charge in [0.15, 0.2) is 0 Å². The van der Waals surface area contributed by atoms with E-state index in [4.69, 9.17) is 15.0 Å². The Morgan fingerprint density at radius 2 is 1.30 bits per heavy atom. The second-order valence-electron chi connectivity index (χ2n) is 4.83. The Kier molecular flexibility index (Phi) is 18.6. The Hall–Kier alpha value is -1.32. The average Bonchev–Trinajstić information content (AvgIpc) is 2.35. The zero-order valence-corrected chi connectivity index (χ0v) is 12.9. The molecule has 4 nitrogen and oxygen atoms in total. The standard InChI is InChI=1S/C14H26O2.C2H4O2/c1-2-3-4-5-6-7-8-9-10-11-12-13-14(15)16;1-2(3)4/h4-5H,2-3,6-13H2,1H3,(H,15,16);1H3,(H,3,4)/b5-4+;. The van der Waals surface area contributed by atoms with E-state index in [1.165, 1.54) is 44.9 Å². The smallest absolute Gasteiger partial charge is 0.303 e. The number of unbranched alkanes of at least 4 members (excludes halogenated alkanes) is 7. The first-order valence-corrected chi connectivity index (χ1v) is 7.57. The van der Waals surface area contributed by atoms with Crippen molar-refractivity contribution in [3.8, 4) is 0 Å². The molecule has 0 aromatic carbocycles. The van der Waals surface area contributed by atoms with E-state index in [0.717, 1.165) is 19.8 Å². The molecule has 0 amide bonds. The van der Waals surface area contributed by atoms with Crippen molar-refractivity contribution in [1.29, 1.82) is 0 Å². The lowest BCUT2D eigenvalue weighted by molar-refractivity contribution is -0.137. The summed E-state index contributed by atoms with van der Waals surface area (Å²) in [5, 5.41) is 15.9. The molecular formula is C16H30O4. The van der Waals surface area contributed by atoms with Crippen LogP contribution in [0.2, 0.25) is 0 Å². The Morgan fingerprint density at radius 1 is 0.850 bits per heavy atom. The van der Waals surface area contributed by atoms with Crippen molar-refractivity contribution in [3.05, 3.63) is 12.2 Å². The van der Waals surface area contributed by atoms with Gasteiger partial charge < -0.3 is 10.2 Å². The molecule has 0 aromatic heterocycles. The van der Waals surface area contributed by atoms with Gasteiger partial charge in [-0.05, 0) is 25.7 Å². The van der Waals surface area contributed by atoms with Crippen LogP contribution in [0.3, 0.4) is 0 Å². The first kappa shape index (κ1) is 21.0. The van der Waals surface area contributed by atoms with Crippen LogP contribution in [0.1, 0.15) is 78.1 Å². The quantitative estimate of drug-likeness (QED) is 0.428. The van der Waals surface area contributed by atoms with Crippen LogP contribution in [-0.4, -0.2) is 22.2 Å². The first-order valence-electron chi connectivity index (χ1n) is 7.57. The third kappa shape index (κ3) is 30.1. The normalized spacial score (nSPS) is 10.1. The van der Waals surface area contributed by atoms with Gasteiger partial charge in [-0.2, -0.15) is 0 Å². The summed E-state index contributed by atoms with van der Waals surface area (Å²) in [6, 6.07) is 0. The van der Waals surface area contributed by atoms with Crippen LogP contribution < -0.4 is 0 Å². The SMILES string of the molecule is CC(=O)O.CCC/C=C/CCCCCCCCC(=O)O. The van der Waals surface area contributed by atoms with Crippen LogP contribution in [0.4, 0.5) is 0 Å². The molecule has 0 aromatic rings. The van der Waals surface area contributed by atoms with Gasteiger partial charge in [0, 0.05) is 13.3 Å². The lowest BCUT2D eigenvalue weighted by Crippen LogP contribution is -1.93. The molecule has 0 radical (unpaired) electrons. The van der Waals surface area contributed by atoms with E-state index in [2.05, 4.69) is 19.1 Å². The molecule has 0 saturated carbocycles. The molecule has 118 valence electrons. The second kappa shape index (κ2) is 17.7. The van der Waals surface area contributed by atoms with Crippen LogP contribution >= 0.6 is 0 Å². The van der Waals surface area contributed by atoms with Crippen molar-refractivity contribution in [3.63, 3.8) is 0 Å². The van der Waals surface area contributed by atoms with Gasteiger partial charge in [0.25, 0.3) is 5.97 Å². The van der Waals surface area contributed by atoms with Crippen molar-refractivity contribution >= 4 is 11.9 Å². The number of carboxylic acids is 2. The van der Waals surface area contributed by atoms with Gasteiger partial charge in [0.1, 0.15) is 0 Å². The van der Waals surface area contributed by atoms with Gasteiger partial charge in [-0.15, -0.1) is 0 Å². The fourth-order valence-corrected chi connectivity index (χ4v) is 1.65. The van der Waals surface area contributed by atoms with E-state index in [1.54, 1.807) is 0 Å². The average molecular weight is 286 g/mol. The molecule has 0 fully saturated rings. The topological polar surface area (TPSA) is 74.6 Å². The first-order chi connectivity index (χ1) is 9.50. The summed E-state index contributed by atoms with van der Waals surface area (Å²) in [6.45, 7) is 3.28. The highest BCUT2D eigenvalue weighted by molar-refractivity contribution is 5.66. The predicted molar refractivity (Wildman–Crippen MR) is 81.9 cm³/mol. The predicted octanol–water partition coefficient (Wildman–Crippen LogP) is 4.64. The summed E-state index contributed by atoms with van der Waals surface area (Å²) in [5.41, 5.74) is 0. The molecular weight excluding hydrogens is 256 g/mol. The van der Waals surface area contributed by atoms with Crippen LogP contribution in [0.25, 0.3) is 0 Å². The van der Waals surface area contributed by atoms with E-state index in [1.807, 2.05) is 0 Å². The van der Waals surface area contributed by atoms with Gasteiger partial charge in [0.2, 0.25) is 0 Å². The summed E-state index contributed by atoms with van der Waals surface area (Å²) in [4.78, 5) is 19.3. The minimum absolute atomic E-state index is 0.333. The molecule has 0 aliphatic carbocycles. The number of carboxylic acid groups (broad SMARTS) is 2. The molecule has 0 heterocycles. The third-order valence-corrected chi connectivity index (χ3v) is 2.63. The molecule has 20 heavy (non-hydrogen) atoms. The summed E-state index contributed by atoms with van der Waals surface area (Å²) < 4.78 is 0. The van der Waals surface area contributed by atoms with Crippen molar-refractivity contribution in [2.24, 2.45) is 0 Å². The highest BCUT2D eigenvalue weighted by atomic mass is 16.4. The zero-order valence-electron chi connectivity index (χ0n) is 12.9. The Morgan fingerprint density at radius 3 is 1.80 bits per heavy atom. The zero-order chi connectivity index (χ0) is 15.6. The van der Waals surface area contributed by atoms with Crippen LogP contribution in [0.15, 0.2) is 12.2 Å². The Labute approximate surface area is 122 Å². The number of hydrogen-bond acceptors (Lipinski definition) is 2. The minimum atomic E-state index is -0.833. The molecule has 0 aliphatic heterocycles. The van der Waals surface area contributed by atoms with E-state index in [-0.39, 0.29) is 0 Å². The fourth-order valence-electron chi connectivity index (χ4n) is 1.65. The number of allylic oxidation sites excluding steroid dienone is 2. The number of hydrogen-bond donors (Lipinski definition) is 2. The molecule has 0 rings (SSSR count). The highest BCUT2D eigenvalue weighted by Gasteiger charge is 1.95. The maximum atomic E-state index is 10.3. The second-order valence-corrected chi connectivity index (χ2v) is 4.83. The fraction of sp³-hybridized carbons (Fsp3) is 0.750. The summed E-state index contributed by atoms with van der Waals surface area (Å²) in [5.74, 6) is -1.50. The molecule has 0 bridgehead atoms. The van der Waals surface area contributed by atoms with E-state index >= 15 is 0 Å². The molecule has 0 atom stereocenters. The molecule has 0 saturated heterocycles. The maximum Gasteiger partial charge on any atom is 0.303 e. The summed E-state index contributed by atoms with van der Waals surface area (Å²) >= 11 is 0. The van der Waals surface area contributed by atoms with E-state index in [9.17, 15) is 4.79 Å². The minimum Gasteiger partial charge on any atom is -0.481 e. The Balaban J connectivity index is 0. The highest BCUT2D eigenvalue weighted by Crippen LogP contribution is 2.09. The van der Waals surface area contributed by atoms with Gasteiger partial charge in [-0.1, -0.05) is 51.2 Å². The van der Waals surface area contributed by atoms with Gasteiger partial charge in [-0.25, -0.2) is 0 Å². The van der Waals surface area contributed by atoms with Crippen molar-refractivity contribution in [2.45, 2.75) is 78.1 Å². The van der Waals surface area contributed by atoms with Gasteiger partial charge in [-0.3, -0.25) is 9.59 Å². The van der Waals surface area contributed by atoms with Crippen molar-refractivity contribution < 1.29 is 19.8 Å². The van der Waals surface area contributed by atoms with E-state index in [0.29, 0.717) is 6.42 Å². The summed E-state index contributed by atoms with van der Waals surface area (Å²) in [7, 11) is 0. The molecule has 0 aliphatic rings. The molecule has 4 heteroatoms. The number of rotatable bonds is 11. The molecule has 0 unspecified atom stereocenters. The largest absolute Gasteiger partial charge is 0.481 e. The summed E-state index contributed by atoms with van der Waals surface area (Å²) in [6.07, 6.45) is 15.4. The monoisotopic (exact) mass is 286 g/mol. The van der Waals surface area contributed by atoms with Crippen LogP contribution in [0, 0.1) is 0 Å². The number of aliphatic carboxylic acids is 2. The lowest BCUT2D eigenvalue weighted by atomic mass is 10.1. The van der Waals surface area contributed by atoms with Gasteiger partial charge in [0.05, 0.1) is 0 Å². The number of carbonyl (C=O) groups is 2. The van der Waals surface area contributed by atoms with Crippen LogP contribution in [0.5, 0.6) is 0 Å². The maximum absolute atomic E-state index is 10.3. The lowest BCUT2D eigenvalue weighted by Gasteiger charge is -1.99. The van der Waals surface area contributed by atoms with E-state index < -0.39 is 11.9 Å². The van der Waals surface area contributed by atoms with Crippen molar-refractivity contribution in [1.82, 2.24) is 0 Å².